The Labute approximate surface area is 120 Å². The van der Waals surface area contributed by atoms with Gasteiger partial charge >= 0.3 is 0 Å². The van der Waals surface area contributed by atoms with Gasteiger partial charge in [0, 0.05) is 15.6 Å². The maximum atomic E-state index is 13.2. The third kappa shape index (κ3) is 3.10. The van der Waals surface area contributed by atoms with Crippen molar-refractivity contribution in [3.05, 3.63) is 69.4 Å². The molecule has 0 aliphatic heterocycles. The highest BCUT2D eigenvalue weighted by Gasteiger charge is 2.13. The Kier molecular flexibility index (Phi) is 4.15. The summed E-state index contributed by atoms with van der Waals surface area (Å²) in [5.41, 5.74) is 2.09. The minimum atomic E-state index is -0.412. The molecular weight excluding hydrogens is 307 g/mol. The van der Waals surface area contributed by atoms with Gasteiger partial charge in [-0.2, -0.15) is 0 Å². The van der Waals surface area contributed by atoms with E-state index in [1.807, 2.05) is 12.1 Å². The van der Waals surface area contributed by atoms with E-state index in [1.165, 1.54) is 17.7 Å². The summed E-state index contributed by atoms with van der Waals surface area (Å²) in [6.45, 7) is 4.19. The average Bonchev–Trinajstić information content (AvgIpc) is 2.41. The van der Waals surface area contributed by atoms with Crippen LogP contribution in [-0.2, 0) is 0 Å². The molecular formula is C16H14BrFO. The van der Waals surface area contributed by atoms with Gasteiger partial charge in [0.2, 0.25) is 0 Å². The zero-order chi connectivity index (χ0) is 14.0. The van der Waals surface area contributed by atoms with E-state index in [2.05, 4.69) is 29.8 Å². The maximum Gasteiger partial charge on any atom is 0.194 e. The number of ketones is 1. The van der Waals surface area contributed by atoms with Crippen molar-refractivity contribution in [3.63, 3.8) is 0 Å². The number of benzene rings is 2. The molecule has 0 fully saturated rings. The van der Waals surface area contributed by atoms with Crippen LogP contribution < -0.4 is 0 Å². The molecule has 0 spiro atoms. The molecule has 98 valence electrons. The lowest BCUT2D eigenvalue weighted by molar-refractivity contribution is 0.103. The Hall–Kier alpha value is -1.48. The van der Waals surface area contributed by atoms with Gasteiger partial charge in [-0.05, 0) is 29.7 Å². The third-order valence-corrected chi connectivity index (χ3v) is 3.70. The molecule has 0 aliphatic carbocycles. The van der Waals surface area contributed by atoms with Crippen molar-refractivity contribution in [2.45, 2.75) is 19.8 Å². The van der Waals surface area contributed by atoms with Crippen LogP contribution in [0, 0.1) is 5.82 Å². The first-order chi connectivity index (χ1) is 8.99. The number of hydrogen-bond donors (Lipinski definition) is 0. The molecule has 0 radical (unpaired) electrons. The fourth-order valence-corrected chi connectivity index (χ4v) is 2.27. The van der Waals surface area contributed by atoms with Crippen molar-refractivity contribution < 1.29 is 9.18 Å². The van der Waals surface area contributed by atoms with Gasteiger partial charge in [0.1, 0.15) is 5.82 Å². The molecule has 2 aromatic carbocycles. The van der Waals surface area contributed by atoms with Crippen molar-refractivity contribution in [2.75, 3.05) is 0 Å². The Morgan fingerprint density at radius 1 is 1.11 bits per heavy atom. The summed E-state index contributed by atoms with van der Waals surface area (Å²) >= 11 is 3.28. The largest absolute Gasteiger partial charge is 0.289 e. The van der Waals surface area contributed by atoms with Crippen molar-refractivity contribution in [1.82, 2.24) is 0 Å². The third-order valence-electron chi connectivity index (χ3n) is 3.01. The number of halogens is 2. The number of rotatable bonds is 3. The van der Waals surface area contributed by atoms with Crippen LogP contribution in [0.4, 0.5) is 4.39 Å². The van der Waals surface area contributed by atoms with Crippen molar-refractivity contribution in [3.8, 4) is 0 Å². The molecule has 0 N–H and O–H groups in total. The van der Waals surface area contributed by atoms with E-state index in [0.29, 0.717) is 21.5 Å². The van der Waals surface area contributed by atoms with E-state index in [-0.39, 0.29) is 5.78 Å². The highest BCUT2D eigenvalue weighted by atomic mass is 79.9. The normalized spacial score (nSPS) is 10.8. The fourth-order valence-electron chi connectivity index (χ4n) is 1.85. The molecule has 0 amide bonds. The molecule has 1 nitrogen and oxygen atoms in total. The van der Waals surface area contributed by atoms with Gasteiger partial charge in [-0.25, -0.2) is 4.39 Å². The van der Waals surface area contributed by atoms with Gasteiger partial charge in [0.05, 0.1) is 0 Å². The highest BCUT2D eigenvalue weighted by Crippen LogP contribution is 2.22. The van der Waals surface area contributed by atoms with Crippen LogP contribution in [0.3, 0.4) is 0 Å². The Bertz CT molecular complexity index is 603. The molecule has 2 rings (SSSR count). The smallest absolute Gasteiger partial charge is 0.194 e. The second-order valence-electron chi connectivity index (χ2n) is 4.73. The molecule has 0 bridgehead atoms. The van der Waals surface area contributed by atoms with E-state index >= 15 is 0 Å². The first kappa shape index (κ1) is 13.9. The lowest BCUT2D eigenvalue weighted by atomic mass is 9.98. The van der Waals surface area contributed by atoms with Crippen LogP contribution in [0.15, 0.2) is 46.9 Å². The molecule has 0 unspecified atom stereocenters. The van der Waals surface area contributed by atoms with Crippen LogP contribution in [-0.4, -0.2) is 5.78 Å². The van der Waals surface area contributed by atoms with Gasteiger partial charge in [-0.3, -0.25) is 4.79 Å². The van der Waals surface area contributed by atoms with Crippen LogP contribution in [0.2, 0.25) is 0 Å². The van der Waals surface area contributed by atoms with E-state index in [9.17, 15) is 9.18 Å². The monoisotopic (exact) mass is 320 g/mol. The molecule has 0 heterocycles. The maximum absolute atomic E-state index is 13.2. The Balaban J connectivity index is 2.36. The van der Waals surface area contributed by atoms with E-state index in [0.717, 1.165) is 0 Å². The van der Waals surface area contributed by atoms with Crippen molar-refractivity contribution in [2.24, 2.45) is 0 Å². The zero-order valence-corrected chi connectivity index (χ0v) is 12.4. The first-order valence-electron chi connectivity index (χ1n) is 6.08. The minimum absolute atomic E-state index is 0.179. The summed E-state index contributed by atoms with van der Waals surface area (Å²) in [6, 6.07) is 11.6. The summed E-state index contributed by atoms with van der Waals surface area (Å²) in [5.74, 6) is -0.169. The Morgan fingerprint density at radius 2 is 1.74 bits per heavy atom. The summed E-state index contributed by atoms with van der Waals surface area (Å²) in [5, 5.41) is 0. The van der Waals surface area contributed by atoms with Crippen LogP contribution in [0.25, 0.3) is 0 Å². The van der Waals surface area contributed by atoms with Crippen LogP contribution in [0.5, 0.6) is 0 Å². The van der Waals surface area contributed by atoms with Gasteiger partial charge in [0.25, 0.3) is 0 Å². The van der Waals surface area contributed by atoms with Gasteiger partial charge in [-0.1, -0.05) is 54.0 Å². The van der Waals surface area contributed by atoms with Crippen molar-refractivity contribution >= 4 is 21.7 Å². The van der Waals surface area contributed by atoms with Crippen LogP contribution >= 0.6 is 15.9 Å². The van der Waals surface area contributed by atoms with E-state index in [1.54, 1.807) is 18.2 Å². The second-order valence-corrected chi connectivity index (χ2v) is 5.58. The molecule has 2 aromatic rings. The molecule has 0 atom stereocenters. The fraction of sp³-hybridized carbons (Fsp3) is 0.188. The first-order valence-corrected chi connectivity index (χ1v) is 6.88. The lowest BCUT2D eigenvalue weighted by Gasteiger charge is -2.07. The molecule has 0 saturated heterocycles. The summed E-state index contributed by atoms with van der Waals surface area (Å²) in [7, 11) is 0. The molecule has 3 heteroatoms. The molecule has 0 aromatic heterocycles. The zero-order valence-electron chi connectivity index (χ0n) is 10.8. The predicted octanol–water partition coefficient (Wildman–Crippen LogP) is 4.94. The van der Waals surface area contributed by atoms with Gasteiger partial charge in [-0.15, -0.1) is 0 Å². The quantitative estimate of drug-likeness (QED) is 0.732. The molecule has 19 heavy (non-hydrogen) atoms. The van der Waals surface area contributed by atoms with E-state index < -0.39 is 5.82 Å². The molecule has 0 saturated carbocycles. The van der Waals surface area contributed by atoms with Crippen molar-refractivity contribution in [1.29, 1.82) is 0 Å². The Morgan fingerprint density at radius 3 is 2.32 bits per heavy atom. The highest BCUT2D eigenvalue weighted by molar-refractivity contribution is 9.10. The number of carbonyl (C=O) groups excluding carboxylic acids is 1. The average molecular weight is 321 g/mol. The SMILES string of the molecule is CC(C)c1ccc(C(=O)c2cc(F)ccc2Br)cc1. The second kappa shape index (κ2) is 5.66. The summed E-state index contributed by atoms with van der Waals surface area (Å²) in [6.07, 6.45) is 0. The van der Waals surface area contributed by atoms with Gasteiger partial charge < -0.3 is 0 Å². The topological polar surface area (TPSA) is 17.1 Å². The van der Waals surface area contributed by atoms with E-state index in [4.69, 9.17) is 0 Å². The standard InChI is InChI=1S/C16H14BrFO/c1-10(2)11-3-5-12(6-4-11)16(19)14-9-13(18)7-8-15(14)17/h3-10H,1-2H3. The number of hydrogen-bond acceptors (Lipinski definition) is 1. The summed E-state index contributed by atoms with van der Waals surface area (Å²) < 4.78 is 13.8. The summed E-state index contributed by atoms with van der Waals surface area (Å²) in [4.78, 5) is 12.3. The van der Waals surface area contributed by atoms with Gasteiger partial charge in [0.15, 0.2) is 5.78 Å². The lowest BCUT2D eigenvalue weighted by Crippen LogP contribution is -2.03. The molecule has 0 aliphatic rings. The predicted molar refractivity (Wildman–Crippen MR) is 78.1 cm³/mol. The van der Waals surface area contributed by atoms with Crippen LogP contribution in [0.1, 0.15) is 41.3 Å². The minimum Gasteiger partial charge on any atom is -0.289 e. The number of carbonyl (C=O) groups is 1.